The van der Waals surface area contributed by atoms with Crippen LogP contribution in [0.4, 0.5) is 5.69 Å². The van der Waals surface area contributed by atoms with Crippen molar-refractivity contribution in [2.24, 2.45) is 4.99 Å². The SMILES string of the molecule is CSC(=Nc1ccccc1OC1CCCCC1)NC#N. The Bertz CT molecular complexity index is 504. The van der Waals surface area contributed by atoms with E-state index in [4.69, 9.17) is 10.00 Å². The highest BCUT2D eigenvalue weighted by Crippen LogP contribution is 2.31. The molecule has 1 fully saturated rings. The quantitative estimate of drug-likeness (QED) is 0.398. The van der Waals surface area contributed by atoms with Crippen molar-refractivity contribution in [3.63, 3.8) is 0 Å². The molecule has 4 nitrogen and oxygen atoms in total. The van der Waals surface area contributed by atoms with Gasteiger partial charge in [0.1, 0.15) is 11.4 Å². The molecule has 1 aromatic rings. The predicted molar refractivity (Wildman–Crippen MR) is 83.3 cm³/mol. The minimum absolute atomic E-state index is 0.293. The Morgan fingerprint density at radius 2 is 2.10 bits per heavy atom. The summed E-state index contributed by atoms with van der Waals surface area (Å²) in [5, 5.41) is 11.8. The average molecular weight is 289 g/mol. The van der Waals surface area contributed by atoms with E-state index in [1.807, 2.05) is 36.7 Å². The first kappa shape index (κ1) is 14.7. The summed E-state index contributed by atoms with van der Waals surface area (Å²) < 4.78 is 6.08. The van der Waals surface area contributed by atoms with Crippen molar-refractivity contribution in [1.29, 1.82) is 5.26 Å². The van der Waals surface area contributed by atoms with E-state index in [0.717, 1.165) is 24.3 Å². The summed E-state index contributed by atoms with van der Waals surface area (Å²) in [5.41, 5.74) is 0.769. The minimum atomic E-state index is 0.293. The molecule has 1 aromatic carbocycles. The number of nitriles is 1. The molecule has 0 unspecified atom stereocenters. The Morgan fingerprint density at radius 1 is 1.35 bits per heavy atom. The van der Waals surface area contributed by atoms with E-state index >= 15 is 0 Å². The second kappa shape index (κ2) is 7.81. The van der Waals surface area contributed by atoms with Gasteiger partial charge in [0.2, 0.25) is 0 Å². The van der Waals surface area contributed by atoms with Crippen LogP contribution in [0.15, 0.2) is 29.3 Å². The fraction of sp³-hybridized carbons (Fsp3) is 0.467. The first-order chi connectivity index (χ1) is 9.83. The van der Waals surface area contributed by atoms with E-state index in [0.29, 0.717) is 11.3 Å². The fourth-order valence-corrected chi connectivity index (χ4v) is 2.63. The van der Waals surface area contributed by atoms with Crippen LogP contribution in [0, 0.1) is 11.5 Å². The molecule has 106 valence electrons. The summed E-state index contributed by atoms with van der Waals surface area (Å²) in [6.07, 6.45) is 10.1. The molecular formula is C15H19N3OS. The number of nitrogens with one attached hydrogen (secondary N) is 1. The molecule has 20 heavy (non-hydrogen) atoms. The standard InChI is InChI=1S/C15H19N3OS/c1-20-15(17-11-16)18-13-9-5-6-10-14(13)19-12-7-3-2-4-8-12/h5-6,9-10,12H,2-4,7-8H2,1H3,(H,17,18). The van der Waals surface area contributed by atoms with Crippen molar-refractivity contribution in [3.8, 4) is 11.9 Å². The molecular weight excluding hydrogens is 270 g/mol. The molecule has 0 amide bonds. The maximum atomic E-state index is 8.69. The second-order valence-electron chi connectivity index (χ2n) is 4.70. The zero-order chi connectivity index (χ0) is 14.2. The van der Waals surface area contributed by atoms with E-state index < -0.39 is 0 Å². The average Bonchev–Trinajstić information content (AvgIpc) is 2.49. The first-order valence-corrected chi connectivity index (χ1v) is 8.09. The van der Waals surface area contributed by atoms with Gasteiger partial charge in [0, 0.05) is 0 Å². The number of nitrogens with zero attached hydrogens (tertiary/aromatic N) is 2. The number of benzene rings is 1. The zero-order valence-corrected chi connectivity index (χ0v) is 12.4. The highest BCUT2D eigenvalue weighted by atomic mass is 32.2. The van der Waals surface area contributed by atoms with Gasteiger partial charge in [0.05, 0.1) is 6.10 Å². The van der Waals surface area contributed by atoms with Gasteiger partial charge in [-0.2, -0.15) is 5.26 Å². The molecule has 0 aliphatic heterocycles. The molecule has 1 aliphatic rings. The Hall–Kier alpha value is -1.67. The van der Waals surface area contributed by atoms with Crippen LogP contribution in [-0.4, -0.2) is 17.5 Å². The molecule has 1 N–H and O–H groups in total. The van der Waals surface area contributed by atoms with Crippen molar-refractivity contribution in [2.45, 2.75) is 38.2 Å². The molecule has 5 heteroatoms. The number of hydrogen-bond donors (Lipinski definition) is 1. The number of ether oxygens (including phenoxy) is 1. The number of rotatable bonds is 3. The third-order valence-corrected chi connectivity index (χ3v) is 3.87. The molecule has 0 aromatic heterocycles. The van der Waals surface area contributed by atoms with Gasteiger partial charge in [-0.15, -0.1) is 0 Å². The Labute approximate surface area is 124 Å². The van der Waals surface area contributed by atoms with Gasteiger partial charge in [-0.3, -0.25) is 5.32 Å². The van der Waals surface area contributed by atoms with Gasteiger partial charge < -0.3 is 4.74 Å². The summed E-state index contributed by atoms with van der Waals surface area (Å²) >= 11 is 1.40. The molecule has 0 saturated heterocycles. The highest BCUT2D eigenvalue weighted by molar-refractivity contribution is 8.13. The fourth-order valence-electron chi connectivity index (χ4n) is 2.29. The largest absolute Gasteiger partial charge is 0.488 e. The number of amidine groups is 1. The lowest BCUT2D eigenvalue weighted by Crippen LogP contribution is -2.19. The van der Waals surface area contributed by atoms with E-state index in [1.165, 1.54) is 31.0 Å². The van der Waals surface area contributed by atoms with Crippen LogP contribution in [0.3, 0.4) is 0 Å². The van der Waals surface area contributed by atoms with Gasteiger partial charge in [-0.05, 0) is 44.1 Å². The number of aliphatic imine (C=N–C) groups is 1. The van der Waals surface area contributed by atoms with Crippen molar-refractivity contribution in [1.82, 2.24) is 5.32 Å². The molecule has 1 aliphatic carbocycles. The van der Waals surface area contributed by atoms with Gasteiger partial charge >= 0.3 is 0 Å². The van der Waals surface area contributed by atoms with Crippen molar-refractivity contribution >= 4 is 22.6 Å². The Balaban J connectivity index is 2.15. The van der Waals surface area contributed by atoms with Crippen molar-refractivity contribution < 1.29 is 4.74 Å². The Morgan fingerprint density at radius 3 is 2.80 bits per heavy atom. The maximum Gasteiger partial charge on any atom is 0.183 e. The van der Waals surface area contributed by atoms with E-state index in [1.54, 1.807) is 0 Å². The van der Waals surface area contributed by atoms with Crippen LogP contribution < -0.4 is 10.1 Å². The summed E-state index contributed by atoms with van der Waals surface area (Å²) in [6, 6.07) is 7.73. The topological polar surface area (TPSA) is 57.4 Å². The van der Waals surface area contributed by atoms with Crippen LogP contribution >= 0.6 is 11.8 Å². The van der Waals surface area contributed by atoms with Crippen LogP contribution in [-0.2, 0) is 0 Å². The van der Waals surface area contributed by atoms with Crippen LogP contribution in [0.25, 0.3) is 0 Å². The Kier molecular flexibility index (Phi) is 5.75. The van der Waals surface area contributed by atoms with Crippen LogP contribution in [0.5, 0.6) is 5.75 Å². The van der Waals surface area contributed by atoms with Crippen LogP contribution in [0.1, 0.15) is 32.1 Å². The van der Waals surface area contributed by atoms with E-state index in [9.17, 15) is 0 Å². The third kappa shape index (κ3) is 4.17. The van der Waals surface area contributed by atoms with Crippen LogP contribution in [0.2, 0.25) is 0 Å². The lowest BCUT2D eigenvalue weighted by Gasteiger charge is -2.23. The third-order valence-electron chi connectivity index (χ3n) is 3.29. The predicted octanol–water partition coefficient (Wildman–Crippen LogP) is 3.82. The molecule has 0 atom stereocenters. The van der Waals surface area contributed by atoms with Gasteiger partial charge in [-0.25, -0.2) is 4.99 Å². The maximum absolute atomic E-state index is 8.69. The van der Waals surface area contributed by atoms with Crippen molar-refractivity contribution in [2.75, 3.05) is 6.26 Å². The van der Waals surface area contributed by atoms with Gasteiger partial charge in [0.15, 0.2) is 11.4 Å². The lowest BCUT2D eigenvalue weighted by atomic mass is 9.98. The molecule has 1 saturated carbocycles. The smallest absolute Gasteiger partial charge is 0.183 e. The normalized spacial score (nSPS) is 16.5. The highest BCUT2D eigenvalue weighted by Gasteiger charge is 2.16. The molecule has 0 heterocycles. The zero-order valence-electron chi connectivity index (χ0n) is 11.6. The van der Waals surface area contributed by atoms with Crippen molar-refractivity contribution in [3.05, 3.63) is 24.3 Å². The molecule has 0 spiro atoms. The second-order valence-corrected chi connectivity index (χ2v) is 5.50. The minimum Gasteiger partial charge on any atom is -0.488 e. The first-order valence-electron chi connectivity index (χ1n) is 6.87. The van der Waals surface area contributed by atoms with E-state index in [-0.39, 0.29) is 0 Å². The number of hydrogen-bond acceptors (Lipinski definition) is 4. The molecule has 0 bridgehead atoms. The van der Waals surface area contributed by atoms with Gasteiger partial charge in [0.25, 0.3) is 0 Å². The van der Waals surface area contributed by atoms with E-state index in [2.05, 4.69) is 10.3 Å². The molecule has 0 radical (unpaired) electrons. The van der Waals surface area contributed by atoms with Gasteiger partial charge in [-0.1, -0.05) is 30.3 Å². The molecule has 2 rings (SSSR count). The lowest BCUT2D eigenvalue weighted by molar-refractivity contribution is 0.155. The number of para-hydroxylation sites is 2. The summed E-state index contributed by atoms with van der Waals surface area (Å²) in [5.74, 6) is 0.797. The number of thioether (sulfide) groups is 1. The monoisotopic (exact) mass is 289 g/mol. The summed E-state index contributed by atoms with van der Waals surface area (Å²) in [4.78, 5) is 4.45. The summed E-state index contributed by atoms with van der Waals surface area (Å²) in [7, 11) is 0. The summed E-state index contributed by atoms with van der Waals surface area (Å²) in [6.45, 7) is 0.